The number of carbonyl (C=O) groups is 2. The van der Waals surface area contributed by atoms with Crippen LogP contribution in [0.4, 0.5) is 5.69 Å². The highest BCUT2D eigenvalue weighted by atomic mass is 16.5. The fourth-order valence-electron chi connectivity index (χ4n) is 5.78. The Bertz CT molecular complexity index is 1290. The molecule has 216 valence electrons. The zero-order valence-corrected chi connectivity index (χ0v) is 24.1. The normalized spacial score (nSPS) is 15.9. The quantitative estimate of drug-likeness (QED) is 0.397. The summed E-state index contributed by atoms with van der Waals surface area (Å²) in [4.78, 5) is 39.7. The Kier molecular flexibility index (Phi) is 9.90. The van der Waals surface area contributed by atoms with E-state index in [9.17, 15) is 14.4 Å². The summed E-state index contributed by atoms with van der Waals surface area (Å²) in [7, 11) is 4.73. The van der Waals surface area contributed by atoms with Gasteiger partial charge in [-0.05, 0) is 73.4 Å². The number of carbonyl (C=O) groups excluding carboxylic acids is 2. The van der Waals surface area contributed by atoms with Crippen molar-refractivity contribution in [1.82, 2.24) is 10.2 Å². The first-order chi connectivity index (χ1) is 19.4. The third kappa shape index (κ3) is 6.51. The molecule has 2 aromatic rings. The summed E-state index contributed by atoms with van der Waals surface area (Å²) >= 11 is 0. The van der Waals surface area contributed by atoms with Gasteiger partial charge in [0.25, 0.3) is 0 Å². The first kappa shape index (κ1) is 29.2. The van der Waals surface area contributed by atoms with E-state index in [1.165, 1.54) is 6.92 Å². The van der Waals surface area contributed by atoms with Crippen LogP contribution in [0, 0.1) is 0 Å². The number of fused-ring (bicyclic) bond motifs is 3. The van der Waals surface area contributed by atoms with Crippen LogP contribution in [0.15, 0.2) is 29.1 Å². The van der Waals surface area contributed by atoms with Crippen LogP contribution in [0.2, 0.25) is 0 Å². The number of amides is 2. The van der Waals surface area contributed by atoms with E-state index in [4.69, 9.17) is 14.2 Å². The zero-order chi connectivity index (χ0) is 28.6. The minimum atomic E-state index is -0.345. The van der Waals surface area contributed by atoms with Crippen LogP contribution in [0.25, 0.3) is 11.1 Å². The van der Waals surface area contributed by atoms with Crippen LogP contribution in [0.5, 0.6) is 17.2 Å². The van der Waals surface area contributed by atoms with Crippen LogP contribution in [0.1, 0.15) is 69.0 Å². The maximum absolute atomic E-state index is 13.4. The van der Waals surface area contributed by atoms with Gasteiger partial charge in [-0.15, -0.1) is 0 Å². The smallest absolute Gasteiger partial charge is 0.222 e. The van der Waals surface area contributed by atoms with E-state index in [1.54, 1.807) is 33.5 Å². The Hall–Kier alpha value is -3.75. The van der Waals surface area contributed by atoms with E-state index in [0.29, 0.717) is 48.7 Å². The summed E-state index contributed by atoms with van der Waals surface area (Å²) in [6.07, 6.45) is 6.67. The SMILES string of the molecule is COc1cc2c(c(OC)c1OC)-c1ccc(NCCCCCC(=O)N3CCCC3)c(=O)cc1C(NC(C)=O)CC2. The summed E-state index contributed by atoms with van der Waals surface area (Å²) in [6.45, 7) is 3.89. The number of aryl methyl sites for hydroxylation is 1. The first-order valence-electron chi connectivity index (χ1n) is 14.2. The van der Waals surface area contributed by atoms with Gasteiger partial charge in [0.15, 0.2) is 11.5 Å². The van der Waals surface area contributed by atoms with Gasteiger partial charge < -0.3 is 29.7 Å². The number of hydrogen-bond acceptors (Lipinski definition) is 7. The van der Waals surface area contributed by atoms with E-state index in [1.807, 2.05) is 17.0 Å². The molecular weight excluding hydrogens is 510 g/mol. The molecule has 2 aromatic carbocycles. The van der Waals surface area contributed by atoms with Crippen molar-refractivity contribution in [1.29, 1.82) is 0 Å². The van der Waals surface area contributed by atoms with Crippen LogP contribution >= 0.6 is 0 Å². The van der Waals surface area contributed by atoms with E-state index < -0.39 is 0 Å². The predicted molar refractivity (Wildman–Crippen MR) is 155 cm³/mol. The first-order valence-corrected chi connectivity index (χ1v) is 14.2. The number of hydrogen-bond donors (Lipinski definition) is 2. The molecule has 1 atom stereocenters. The van der Waals surface area contributed by atoms with Crippen LogP contribution < -0.4 is 30.3 Å². The van der Waals surface area contributed by atoms with Crippen molar-refractivity contribution in [2.45, 2.75) is 64.3 Å². The van der Waals surface area contributed by atoms with Gasteiger partial charge in [-0.3, -0.25) is 14.4 Å². The van der Waals surface area contributed by atoms with Crippen molar-refractivity contribution in [3.63, 3.8) is 0 Å². The maximum Gasteiger partial charge on any atom is 0.222 e. The van der Waals surface area contributed by atoms with Gasteiger partial charge in [0.2, 0.25) is 23.0 Å². The van der Waals surface area contributed by atoms with Crippen molar-refractivity contribution < 1.29 is 23.8 Å². The second kappa shape index (κ2) is 13.5. The van der Waals surface area contributed by atoms with Gasteiger partial charge in [0.1, 0.15) is 0 Å². The molecular formula is C31H41N3O6. The Balaban J connectivity index is 1.59. The number of benzene rings is 1. The molecule has 40 heavy (non-hydrogen) atoms. The fourth-order valence-corrected chi connectivity index (χ4v) is 5.78. The van der Waals surface area contributed by atoms with Gasteiger partial charge in [0, 0.05) is 38.5 Å². The van der Waals surface area contributed by atoms with Gasteiger partial charge >= 0.3 is 0 Å². The second-order valence-electron chi connectivity index (χ2n) is 10.4. The number of rotatable bonds is 11. The lowest BCUT2D eigenvalue weighted by atomic mass is 9.95. The molecule has 0 aromatic heterocycles. The minimum Gasteiger partial charge on any atom is -0.493 e. The van der Waals surface area contributed by atoms with Crippen molar-refractivity contribution in [3.8, 4) is 28.4 Å². The van der Waals surface area contributed by atoms with Crippen LogP contribution in [-0.4, -0.2) is 57.7 Å². The predicted octanol–water partition coefficient (Wildman–Crippen LogP) is 4.46. The summed E-state index contributed by atoms with van der Waals surface area (Å²) in [5.41, 5.74) is 3.69. The lowest BCUT2D eigenvalue weighted by Gasteiger charge is -2.19. The molecule has 9 nitrogen and oxygen atoms in total. The molecule has 0 bridgehead atoms. The lowest BCUT2D eigenvalue weighted by molar-refractivity contribution is -0.130. The number of ether oxygens (including phenoxy) is 3. The number of nitrogens with one attached hydrogen (secondary N) is 2. The van der Waals surface area contributed by atoms with Crippen molar-refractivity contribution in [3.05, 3.63) is 45.6 Å². The van der Waals surface area contributed by atoms with Crippen LogP contribution in [0.3, 0.4) is 0 Å². The number of unbranched alkanes of at least 4 members (excludes halogenated alkanes) is 2. The highest BCUT2D eigenvalue weighted by molar-refractivity contribution is 5.83. The molecule has 1 fully saturated rings. The minimum absolute atomic E-state index is 0.149. The molecule has 0 saturated carbocycles. The molecule has 1 unspecified atom stereocenters. The number of methoxy groups -OCH3 is 3. The number of likely N-dealkylation sites (tertiary alicyclic amines) is 1. The third-order valence-corrected chi connectivity index (χ3v) is 7.76. The summed E-state index contributed by atoms with van der Waals surface area (Å²) in [5.74, 6) is 1.65. The molecule has 2 aliphatic rings. The fraction of sp³-hybridized carbons (Fsp3) is 0.516. The molecule has 1 aliphatic carbocycles. The van der Waals surface area contributed by atoms with Crippen molar-refractivity contribution in [2.75, 3.05) is 46.3 Å². The van der Waals surface area contributed by atoms with E-state index in [-0.39, 0.29) is 23.3 Å². The average Bonchev–Trinajstić information content (AvgIpc) is 3.39. The Morgan fingerprint density at radius 1 is 0.975 bits per heavy atom. The topological polar surface area (TPSA) is 106 Å². The van der Waals surface area contributed by atoms with E-state index in [0.717, 1.165) is 67.4 Å². The molecule has 1 heterocycles. The molecule has 1 saturated heterocycles. The molecule has 2 amide bonds. The van der Waals surface area contributed by atoms with Gasteiger partial charge in [-0.2, -0.15) is 0 Å². The Labute approximate surface area is 236 Å². The third-order valence-electron chi connectivity index (χ3n) is 7.76. The molecule has 0 radical (unpaired) electrons. The summed E-state index contributed by atoms with van der Waals surface area (Å²) in [5, 5.41) is 6.32. The number of anilines is 1. The average molecular weight is 552 g/mol. The standard InChI is InChI=1S/C31H41N3O6/c1-20(35)33-24-13-11-21-18-27(38-2)30(39-3)31(40-4)29(21)22-12-14-25(26(36)19-23(22)24)32-15-7-5-6-10-28(37)34-16-8-9-17-34/h12,14,18-19,24H,5-11,13,15-17H2,1-4H3,(H,32,36)(H,33,35). The van der Waals surface area contributed by atoms with Gasteiger partial charge in [-0.25, -0.2) is 0 Å². The van der Waals surface area contributed by atoms with E-state index >= 15 is 0 Å². The largest absolute Gasteiger partial charge is 0.493 e. The van der Waals surface area contributed by atoms with Crippen LogP contribution in [-0.2, 0) is 16.0 Å². The Morgan fingerprint density at radius 2 is 1.73 bits per heavy atom. The molecule has 4 rings (SSSR count). The molecule has 9 heteroatoms. The number of nitrogens with zero attached hydrogens (tertiary/aromatic N) is 1. The van der Waals surface area contributed by atoms with Crippen molar-refractivity contribution in [2.24, 2.45) is 0 Å². The molecule has 2 N–H and O–H groups in total. The second-order valence-corrected chi connectivity index (χ2v) is 10.4. The Morgan fingerprint density at radius 3 is 2.40 bits per heavy atom. The maximum atomic E-state index is 13.4. The summed E-state index contributed by atoms with van der Waals surface area (Å²) in [6, 6.07) is 6.94. The molecule has 1 aliphatic heterocycles. The van der Waals surface area contributed by atoms with Gasteiger partial charge in [-0.1, -0.05) is 12.5 Å². The van der Waals surface area contributed by atoms with Gasteiger partial charge in [0.05, 0.1) is 33.1 Å². The van der Waals surface area contributed by atoms with Crippen molar-refractivity contribution >= 4 is 17.5 Å². The summed E-state index contributed by atoms with van der Waals surface area (Å²) < 4.78 is 17.1. The van der Waals surface area contributed by atoms with E-state index in [2.05, 4.69) is 10.6 Å². The highest BCUT2D eigenvalue weighted by Crippen LogP contribution is 2.50. The lowest BCUT2D eigenvalue weighted by Crippen LogP contribution is -2.27. The monoisotopic (exact) mass is 551 g/mol. The highest BCUT2D eigenvalue weighted by Gasteiger charge is 2.29. The zero-order valence-electron chi connectivity index (χ0n) is 24.1. The molecule has 0 spiro atoms.